The molecule has 2 unspecified atom stereocenters. The quantitative estimate of drug-likeness (QED) is 0.791. The maximum atomic E-state index is 13.2. The maximum Gasteiger partial charge on any atom is 0.187 e. The molecule has 1 aromatic rings. The van der Waals surface area contributed by atoms with E-state index in [1.54, 1.807) is 35.4 Å². The summed E-state index contributed by atoms with van der Waals surface area (Å²) in [5.41, 5.74) is 1.37. The van der Waals surface area contributed by atoms with Gasteiger partial charge in [0.2, 0.25) is 0 Å². The third kappa shape index (κ3) is 2.10. The van der Waals surface area contributed by atoms with Gasteiger partial charge in [0.05, 0.1) is 5.92 Å². The zero-order valence-electron chi connectivity index (χ0n) is 14.4. The molecule has 4 nitrogen and oxygen atoms in total. The highest BCUT2D eigenvalue weighted by Gasteiger charge is 2.54. The second kappa shape index (κ2) is 5.12. The van der Waals surface area contributed by atoms with Gasteiger partial charge < -0.3 is 4.90 Å². The van der Waals surface area contributed by atoms with Gasteiger partial charge in [-0.15, -0.1) is 0 Å². The van der Waals surface area contributed by atoms with Gasteiger partial charge in [0.1, 0.15) is 6.04 Å². The summed E-state index contributed by atoms with van der Waals surface area (Å²) in [5.74, 6) is -1.07. The van der Waals surface area contributed by atoms with E-state index in [4.69, 9.17) is 0 Å². The highest BCUT2D eigenvalue weighted by atomic mass is 16.1. The van der Waals surface area contributed by atoms with Crippen LogP contribution in [0.5, 0.6) is 0 Å². The molecule has 1 aromatic carbocycles. The van der Waals surface area contributed by atoms with Crippen LogP contribution in [0, 0.1) is 11.3 Å². The molecular formula is C21H19NO3. The second-order valence-electron chi connectivity index (χ2n) is 7.68. The van der Waals surface area contributed by atoms with E-state index in [0.29, 0.717) is 22.4 Å². The average Bonchev–Trinajstić information content (AvgIpc) is 2.93. The Morgan fingerprint density at radius 2 is 1.64 bits per heavy atom. The molecule has 0 radical (unpaired) electrons. The molecule has 4 heteroatoms. The lowest BCUT2D eigenvalue weighted by atomic mass is 9.72. The smallest absolute Gasteiger partial charge is 0.187 e. The molecular weight excluding hydrogens is 314 g/mol. The minimum absolute atomic E-state index is 0.0829. The molecule has 25 heavy (non-hydrogen) atoms. The van der Waals surface area contributed by atoms with Gasteiger partial charge >= 0.3 is 0 Å². The van der Waals surface area contributed by atoms with E-state index < -0.39 is 17.4 Å². The fraction of sp³-hybridized carbons (Fsp3) is 0.286. The molecule has 4 rings (SSSR count). The molecule has 0 fully saturated rings. The Morgan fingerprint density at radius 3 is 2.28 bits per heavy atom. The Kier molecular flexibility index (Phi) is 3.23. The van der Waals surface area contributed by atoms with Crippen molar-refractivity contribution in [2.75, 3.05) is 0 Å². The van der Waals surface area contributed by atoms with Gasteiger partial charge in [0, 0.05) is 34.0 Å². The van der Waals surface area contributed by atoms with Gasteiger partial charge in [-0.1, -0.05) is 51.1 Å². The van der Waals surface area contributed by atoms with E-state index in [9.17, 15) is 14.4 Å². The first-order valence-corrected chi connectivity index (χ1v) is 8.42. The molecule has 0 N–H and O–H groups in total. The SMILES string of the molecule is CC(C)(C)C(=O)C1=C2C=CC=CN2C2C(=O)c3ccccc3C(=O)C12. The lowest BCUT2D eigenvalue weighted by Crippen LogP contribution is -2.46. The van der Waals surface area contributed by atoms with Crippen LogP contribution in [0.1, 0.15) is 41.5 Å². The number of benzene rings is 1. The van der Waals surface area contributed by atoms with Crippen LogP contribution in [0.2, 0.25) is 0 Å². The standard InChI is InChI=1S/C21H19NO3/c1-21(2,3)20(25)15-14-10-6-7-11-22(14)17-16(15)18(23)12-8-4-5-9-13(12)19(17)24/h4-11,16-17H,1-3H3. The molecule has 0 bridgehead atoms. The molecule has 2 aliphatic heterocycles. The second-order valence-corrected chi connectivity index (χ2v) is 7.68. The maximum absolute atomic E-state index is 13.2. The van der Waals surface area contributed by atoms with Crippen molar-refractivity contribution in [1.82, 2.24) is 4.90 Å². The summed E-state index contributed by atoms with van der Waals surface area (Å²) in [6, 6.07) is 6.22. The van der Waals surface area contributed by atoms with Crippen molar-refractivity contribution in [2.24, 2.45) is 11.3 Å². The van der Waals surface area contributed by atoms with E-state index in [-0.39, 0.29) is 17.3 Å². The van der Waals surface area contributed by atoms with Crippen molar-refractivity contribution >= 4 is 17.3 Å². The fourth-order valence-corrected chi connectivity index (χ4v) is 3.86. The van der Waals surface area contributed by atoms with Crippen LogP contribution in [-0.2, 0) is 4.79 Å². The van der Waals surface area contributed by atoms with Gasteiger partial charge in [0.15, 0.2) is 17.3 Å². The van der Waals surface area contributed by atoms with Crippen LogP contribution in [0.25, 0.3) is 0 Å². The monoisotopic (exact) mass is 333 g/mol. The van der Waals surface area contributed by atoms with Gasteiger partial charge in [0.25, 0.3) is 0 Å². The zero-order chi connectivity index (χ0) is 17.9. The van der Waals surface area contributed by atoms with Crippen LogP contribution in [0.4, 0.5) is 0 Å². The Hall–Kier alpha value is -2.75. The van der Waals surface area contributed by atoms with Crippen molar-refractivity contribution in [3.8, 4) is 0 Å². The Morgan fingerprint density at radius 1 is 1.00 bits per heavy atom. The lowest BCUT2D eigenvalue weighted by Gasteiger charge is -2.32. The molecule has 2 heterocycles. The zero-order valence-corrected chi connectivity index (χ0v) is 14.4. The van der Waals surface area contributed by atoms with Crippen LogP contribution >= 0.6 is 0 Å². The molecule has 0 aromatic heterocycles. The largest absolute Gasteiger partial charge is 0.336 e. The predicted molar refractivity (Wildman–Crippen MR) is 94.0 cm³/mol. The molecule has 0 saturated heterocycles. The number of carbonyl (C=O) groups is 3. The third-order valence-corrected chi connectivity index (χ3v) is 5.03. The van der Waals surface area contributed by atoms with Gasteiger partial charge in [-0.3, -0.25) is 14.4 Å². The van der Waals surface area contributed by atoms with E-state index in [0.717, 1.165) is 0 Å². The van der Waals surface area contributed by atoms with E-state index in [1.807, 2.05) is 39.0 Å². The molecule has 1 aliphatic carbocycles. The molecule has 0 spiro atoms. The molecule has 3 aliphatic rings. The van der Waals surface area contributed by atoms with Crippen molar-refractivity contribution in [1.29, 1.82) is 0 Å². The average molecular weight is 333 g/mol. The third-order valence-electron chi connectivity index (χ3n) is 5.03. The summed E-state index contributed by atoms with van der Waals surface area (Å²) in [4.78, 5) is 41.3. The number of allylic oxidation sites excluding steroid dienone is 3. The summed E-state index contributed by atoms with van der Waals surface area (Å²) in [5, 5.41) is 0. The first kappa shape index (κ1) is 15.8. The first-order chi connectivity index (χ1) is 11.8. The van der Waals surface area contributed by atoms with Crippen molar-refractivity contribution in [3.63, 3.8) is 0 Å². The topological polar surface area (TPSA) is 54.5 Å². The number of hydrogen-bond donors (Lipinski definition) is 0. The summed E-state index contributed by atoms with van der Waals surface area (Å²) in [6.07, 6.45) is 7.27. The first-order valence-electron chi connectivity index (χ1n) is 8.42. The van der Waals surface area contributed by atoms with E-state index in [2.05, 4.69) is 0 Å². The summed E-state index contributed by atoms with van der Waals surface area (Å²) < 4.78 is 0. The summed E-state index contributed by atoms with van der Waals surface area (Å²) >= 11 is 0. The van der Waals surface area contributed by atoms with Gasteiger partial charge in [-0.2, -0.15) is 0 Å². The highest BCUT2D eigenvalue weighted by molar-refractivity contribution is 6.22. The summed E-state index contributed by atoms with van der Waals surface area (Å²) in [7, 11) is 0. The number of carbonyl (C=O) groups excluding carboxylic acids is 3. The van der Waals surface area contributed by atoms with Crippen molar-refractivity contribution in [2.45, 2.75) is 26.8 Å². The minimum Gasteiger partial charge on any atom is -0.336 e. The lowest BCUT2D eigenvalue weighted by molar-refractivity contribution is -0.122. The fourth-order valence-electron chi connectivity index (χ4n) is 3.86. The number of nitrogens with zero attached hydrogens (tertiary/aromatic N) is 1. The van der Waals surface area contributed by atoms with Gasteiger partial charge in [-0.25, -0.2) is 0 Å². The molecule has 0 saturated carbocycles. The van der Waals surface area contributed by atoms with Gasteiger partial charge in [-0.05, 0) is 12.2 Å². The minimum atomic E-state index is -0.739. The van der Waals surface area contributed by atoms with E-state index in [1.165, 1.54) is 0 Å². The number of rotatable bonds is 1. The van der Waals surface area contributed by atoms with Crippen LogP contribution in [-0.4, -0.2) is 28.3 Å². The number of fused-ring (bicyclic) bond motifs is 4. The van der Waals surface area contributed by atoms with Crippen LogP contribution in [0.3, 0.4) is 0 Å². The van der Waals surface area contributed by atoms with Crippen LogP contribution < -0.4 is 0 Å². The van der Waals surface area contributed by atoms with Crippen LogP contribution in [0.15, 0.2) is 60.0 Å². The Bertz CT molecular complexity index is 911. The van der Waals surface area contributed by atoms with Crippen molar-refractivity contribution < 1.29 is 14.4 Å². The number of ketones is 3. The Labute approximate surface area is 146 Å². The molecule has 126 valence electrons. The van der Waals surface area contributed by atoms with E-state index >= 15 is 0 Å². The number of Topliss-reactive ketones (excluding diaryl/α,β-unsaturated/α-hetero) is 3. The Balaban J connectivity index is 1.95. The highest BCUT2D eigenvalue weighted by Crippen LogP contribution is 2.45. The summed E-state index contributed by atoms with van der Waals surface area (Å²) in [6.45, 7) is 5.52. The molecule has 2 atom stereocenters. The molecule has 0 amide bonds. The number of hydrogen-bond acceptors (Lipinski definition) is 4. The predicted octanol–water partition coefficient (Wildman–Crippen LogP) is 3.32. The van der Waals surface area contributed by atoms with Crippen molar-refractivity contribution in [3.05, 3.63) is 71.1 Å². The normalized spacial score (nSPS) is 24.4.